The number of nitrogens with zero attached hydrogens (tertiary/aromatic N) is 3. The number of carbonyl (C=O) groups excluding carboxylic acids is 1. The first-order valence-corrected chi connectivity index (χ1v) is 9.37. The molecule has 0 saturated carbocycles. The second-order valence-electron chi connectivity index (χ2n) is 7.30. The topological polar surface area (TPSA) is 61.7 Å². The SMILES string of the molecule is Cc1ccc(N2CC[C@@H](NC(=O)NCc3cn4ccc(C)cc4n3)C2)cc1. The fourth-order valence-corrected chi connectivity index (χ4v) is 3.50. The summed E-state index contributed by atoms with van der Waals surface area (Å²) in [4.78, 5) is 19.1. The Balaban J connectivity index is 1.28. The Bertz CT molecular complexity index is 947. The third-order valence-electron chi connectivity index (χ3n) is 5.02. The molecule has 0 spiro atoms. The molecule has 6 nitrogen and oxygen atoms in total. The van der Waals surface area contributed by atoms with Crippen LogP contribution in [-0.2, 0) is 6.54 Å². The average Bonchev–Trinajstić information content (AvgIpc) is 3.27. The molecule has 4 rings (SSSR count). The molecule has 1 atom stereocenters. The maximum absolute atomic E-state index is 12.3. The first-order chi connectivity index (χ1) is 13.1. The smallest absolute Gasteiger partial charge is 0.315 e. The van der Waals surface area contributed by atoms with Crippen molar-refractivity contribution in [1.82, 2.24) is 20.0 Å². The van der Waals surface area contributed by atoms with E-state index >= 15 is 0 Å². The molecule has 0 radical (unpaired) electrons. The second-order valence-corrected chi connectivity index (χ2v) is 7.30. The van der Waals surface area contributed by atoms with Gasteiger partial charge in [0, 0.05) is 37.2 Å². The highest BCUT2D eigenvalue weighted by Gasteiger charge is 2.24. The van der Waals surface area contributed by atoms with Crippen LogP contribution in [0, 0.1) is 13.8 Å². The van der Waals surface area contributed by atoms with E-state index in [-0.39, 0.29) is 12.1 Å². The highest BCUT2D eigenvalue weighted by molar-refractivity contribution is 5.74. The van der Waals surface area contributed by atoms with Crippen molar-refractivity contribution in [1.29, 1.82) is 0 Å². The van der Waals surface area contributed by atoms with Gasteiger partial charge in [-0.15, -0.1) is 0 Å². The highest BCUT2D eigenvalue weighted by atomic mass is 16.2. The molecule has 1 aromatic carbocycles. The molecule has 27 heavy (non-hydrogen) atoms. The van der Waals surface area contributed by atoms with Gasteiger partial charge in [-0.25, -0.2) is 9.78 Å². The van der Waals surface area contributed by atoms with Gasteiger partial charge in [0.25, 0.3) is 0 Å². The van der Waals surface area contributed by atoms with Crippen LogP contribution in [-0.4, -0.2) is 34.5 Å². The summed E-state index contributed by atoms with van der Waals surface area (Å²) in [6, 6.07) is 12.6. The summed E-state index contributed by atoms with van der Waals surface area (Å²) >= 11 is 0. The molecule has 6 heteroatoms. The van der Waals surface area contributed by atoms with Crippen LogP contribution in [0.4, 0.5) is 10.5 Å². The van der Waals surface area contributed by atoms with Gasteiger partial charge >= 0.3 is 6.03 Å². The molecule has 1 aliphatic rings. The maximum atomic E-state index is 12.3. The lowest BCUT2D eigenvalue weighted by molar-refractivity contribution is 0.237. The Morgan fingerprint density at radius 3 is 2.81 bits per heavy atom. The molecule has 1 fully saturated rings. The summed E-state index contributed by atoms with van der Waals surface area (Å²) in [7, 11) is 0. The number of hydrogen-bond acceptors (Lipinski definition) is 3. The van der Waals surface area contributed by atoms with Gasteiger partial charge in [0.2, 0.25) is 0 Å². The minimum absolute atomic E-state index is 0.140. The van der Waals surface area contributed by atoms with Gasteiger partial charge in [-0.2, -0.15) is 0 Å². The van der Waals surface area contributed by atoms with Crippen LogP contribution < -0.4 is 15.5 Å². The number of imidazole rings is 1. The summed E-state index contributed by atoms with van der Waals surface area (Å²) in [5.41, 5.74) is 5.39. The molecule has 1 aliphatic heterocycles. The number of nitrogens with one attached hydrogen (secondary N) is 2. The van der Waals surface area contributed by atoms with Crippen LogP contribution in [0.15, 0.2) is 48.8 Å². The minimum Gasteiger partial charge on any atom is -0.369 e. The molecule has 2 aromatic heterocycles. The van der Waals surface area contributed by atoms with E-state index in [9.17, 15) is 4.79 Å². The van der Waals surface area contributed by atoms with E-state index in [0.717, 1.165) is 30.9 Å². The first-order valence-electron chi connectivity index (χ1n) is 9.37. The zero-order chi connectivity index (χ0) is 18.8. The normalized spacial score (nSPS) is 16.7. The number of aromatic nitrogens is 2. The van der Waals surface area contributed by atoms with E-state index in [4.69, 9.17) is 0 Å². The maximum Gasteiger partial charge on any atom is 0.315 e. The number of aryl methyl sites for hydroxylation is 2. The van der Waals surface area contributed by atoms with Gasteiger partial charge < -0.3 is 19.9 Å². The molecule has 0 aliphatic carbocycles. The number of urea groups is 1. The van der Waals surface area contributed by atoms with E-state index in [1.54, 1.807) is 0 Å². The van der Waals surface area contributed by atoms with Gasteiger partial charge in [-0.1, -0.05) is 17.7 Å². The molecular formula is C21H25N5O. The lowest BCUT2D eigenvalue weighted by atomic mass is 10.2. The molecule has 3 aromatic rings. The van der Waals surface area contributed by atoms with Crippen LogP contribution in [0.25, 0.3) is 5.65 Å². The third-order valence-corrected chi connectivity index (χ3v) is 5.02. The van der Waals surface area contributed by atoms with Gasteiger partial charge in [-0.05, 0) is 50.1 Å². The molecule has 2 amide bonds. The van der Waals surface area contributed by atoms with Crippen molar-refractivity contribution < 1.29 is 4.79 Å². The van der Waals surface area contributed by atoms with Gasteiger partial charge in [-0.3, -0.25) is 0 Å². The molecule has 140 valence electrons. The summed E-state index contributed by atoms with van der Waals surface area (Å²) in [6.45, 7) is 6.35. The Kier molecular flexibility index (Phi) is 4.71. The van der Waals surface area contributed by atoms with Crippen molar-refractivity contribution in [3.8, 4) is 0 Å². The number of carbonyl (C=O) groups is 1. The zero-order valence-corrected chi connectivity index (χ0v) is 15.8. The third kappa shape index (κ3) is 4.05. The Labute approximate surface area is 159 Å². The number of benzene rings is 1. The van der Waals surface area contributed by atoms with E-state index < -0.39 is 0 Å². The van der Waals surface area contributed by atoms with Crippen molar-refractivity contribution in [3.05, 3.63) is 65.6 Å². The number of rotatable bonds is 4. The number of anilines is 1. The second kappa shape index (κ2) is 7.31. The largest absolute Gasteiger partial charge is 0.369 e. The van der Waals surface area contributed by atoms with Crippen LogP contribution in [0.2, 0.25) is 0 Å². The van der Waals surface area contributed by atoms with E-state index in [0.29, 0.717) is 6.54 Å². The Morgan fingerprint density at radius 2 is 2.00 bits per heavy atom. The van der Waals surface area contributed by atoms with Gasteiger partial charge in [0.15, 0.2) is 0 Å². The predicted molar refractivity (Wildman–Crippen MR) is 107 cm³/mol. The summed E-state index contributed by atoms with van der Waals surface area (Å²) in [5, 5.41) is 6.00. The van der Waals surface area contributed by atoms with Gasteiger partial charge in [0.05, 0.1) is 12.2 Å². The van der Waals surface area contributed by atoms with Crippen molar-refractivity contribution >= 4 is 17.4 Å². The average molecular weight is 363 g/mol. The summed E-state index contributed by atoms with van der Waals surface area (Å²) in [5.74, 6) is 0. The number of amides is 2. The van der Waals surface area contributed by atoms with Crippen LogP contribution in [0.3, 0.4) is 0 Å². The monoisotopic (exact) mass is 363 g/mol. The molecule has 3 heterocycles. The number of fused-ring (bicyclic) bond motifs is 1. The van der Waals surface area contributed by atoms with E-state index in [1.165, 1.54) is 16.8 Å². The summed E-state index contributed by atoms with van der Waals surface area (Å²) < 4.78 is 1.97. The van der Waals surface area contributed by atoms with Crippen molar-refractivity contribution in [2.45, 2.75) is 32.9 Å². The van der Waals surface area contributed by atoms with Crippen molar-refractivity contribution in [2.24, 2.45) is 0 Å². The van der Waals surface area contributed by atoms with Gasteiger partial charge in [0.1, 0.15) is 5.65 Å². The molecule has 1 saturated heterocycles. The van der Waals surface area contributed by atoms with Crippen LogP contribution in [0.5, 0.6) is 0 Å². The Morgan fingerprint density at radius 1 is 1.19 bits per heavy atom. The molecule has 0 bridgehead atoms. The predicted octanol–water partition coefficient (Wildman–Crippen LogP) is 3.03. The fraction of sp³-hybridized carbons (Fsp3) is 0.333. The lowest BCUT2D eigenvalue weighted by Gasteiger charge is -2.19. The van der Waals surface area contributed by atoms with Crippen LogP contribution >= 0.6 is 0 Å². The molecule has 2 N–H and O–H groups in total. The van der Waals surface area contributed by atoms with Crippen LogP contribution in [0.1, 0.15) is 23.2 Å². The summed E-state index contributed by atoms with van der Waals surface area (Å²) in [6.07, 6.45) is 4.89. The highest BCUT2D eigenvalue weighted by Crippen LogP contribution is 2.20. The van der Waals surface area contributed by atoms with Crippen molar-refractivity contribution in [2.75, 3.05) is 18.0 Å². The standard InChI is InChI=1S/C21H25N5O/c1-15-3-5-19(6-4-15)25-10-8-17(13-25)24-21(27)22-12-18-14-26-9-7-16(2)11-20(26)23-18/h3-7,9,11,14,17H,8,10,12-13H2,1-2H3,(H2,22,24,27)/t17-/m1/s1. The van der Waals surface area contributed by atoms with E-state index in [1.807, 2.05) is 35.9 Å². The molecule has 0 unspecified atom stereocenters. The Hall–Kier alpha value is -3.02. The number of hydrogen-bond donors (Lipinski definition) is 2. The minimum atomic E-state index is -0.140. The quantitative estimate of drug-likeness (QED) is 0.749. The van der Waals surface area contributed by atoms with E-state index in [2.05, 4.69) is 51.7 Å². The lowest BCUT2D eigenvalue weighted by Crippen LogP contribution is -2.43. The number of pyridine rings is 1. The van der Waals surface area contributed by atoms with Crippen molar-refractivity contribution in [3.63, 3.8) is 0 Å². The first kappa shape index (κ1) is 17.4. The fourth-order valence-electron chi connectivity index (χ4n) is 3.50. The molecular weight excluding hydrogens is 338 g/mol. The zero-order valence-electron chi connectivity index (χ0n) is 15.8.